The van der Waals surface area contributed by atoms with E-state index in [4.69, 9.17) is 4.74 Å². The Bertz CT molecular complexity index is 197. The molecule has 3 nitrogen and oxygen atoms in total. The van der Waals surface area contributed by atoms with Gasteiger partial charge in [-0.2, -0.15) is 0 Å². The predicted molar refractivity (Wildman–Crippen MR) is 50.8 cm³/mol. The number of piperazine rings is 1. The minimum Gasteiger partial charge on any atom is -0.379 e. The zero-order valence-electron chi connectivity index (χ0n) is 8.09. The maximum absolute atomic E-state index is 5.50. The second-order valence-electron chi connectivity index (χ2n) is 4.71. The molecule has 0 aromatic heterocycles. The first-order valence-corrected chi connectivity index (χ1v) is 5.45. The molecular weight excluding hydrogens is 164 g/mol. The fourth-order valence-corrected chi connectivity index (χ4v) is 2.61. The van der Waals surface area contributed by atoms with E-state index in [2.05, 4.69) is 10.2 Å². The molecule has 0 amide bonds. The molecule has 1 N–H and O–H groups in total. The molecule has 13 heavy (non-hydrogen) atoms. The Morgan fingerprint density at radius 3 is 3.00 bits per heavy atom. The molecule has 1 saturated carbocycles. The van der Waals surface area contributed by atoms with Crippen molar-refractivity contribution in [3.63, 3.8) is 0 Å². The second kappa shape index (κ2) is 2.94. The van der Waals surface area contributed by atoms with Gasteiger partial charge in [0.15, 0.2) is 0 Å². The number of ether oxygens (including phenoxy) is 1. The monoisotopic (exact) mass is 182 g/mol. The van der Waals surface area contributed by atoms with Gasteiger partial charge in [-0.3, -0.25) is 4.90 Å². The number of hydrogen-bond acceptors (Lipinski definition) is 3. The Hall–Kier alpha value is -0.120. The third kappa shape index (κ3) is 1.49. The molecule has 0 aromatic rings. The van der Waals surface area contributed by atoms with Crippen molar-refractivity contribution in [2.24, 2.45) is 0 Å². The maximum atomic E-state index is 5.50. The highest BCUT2D eigenvalue weighted by molar-refractivity contribution is 5.00. The predicted octanol–water partition coefficient (Wildman–Crippen LogP) is 0.213. The first kappa shape index (κ1) is 8.21. The molecule has 1 spiro atoms. The Kier molecular flexibility index (Phi) is 1.86. The van der Waals surface area contributed by atoms with Crippen molar-refractivity contribution in [2.45, 2.75) is 30.8 Å². The summed E-state index contributed by atoms with van der Waals surface area (Å²) in [6.07, 6.45) is 4.06. The lowest BCUT2D eigenvalue weighted by molar-refractivity contribution is 0.100. The van der Waals surface area contributed by atoms with Crippen LogP contribution in [0.4, 0.5) is 0 Å². The molecule has 0 unspecified atom stereocenters. The van der Waals surface area contributed by atoms with Gasteiger partial charge < -0.3 is 10.1 Å². The van der Waals surface area contributed by atoms with E-state index >= 15 is 0 Å². The summed E-state index contributed by atoms with van der Waals surface area (Å²) in [5.41, 5.74) is 0.320. The second-order valence-corrected chi connectivity index (χ2v) is 4.71. The summed E-state index contributed by atoms with van der Waals surface area (Å²) in [5, 5.41) is 3.64. The molecule has 2 heterocycles. The highest BCUT2D eigenvalue weighted by atomic mass is 16.5. The van der Waals surface area contributed by atoms with Crippen LogP contribution in [-0.4, -0.2) is 49.3 Å². The molecule has 3 fully saturated rings. The SMILES string of the molecule is C1CN(C2CC2)C[C@@]2(CCOC2)N1. The Balaban J connectivity index is 1.68. The smallest absolute Gasteiger partial charge is 0.0661 e. The van der Waals surface area contributed by atoms with Gasteiger partial charge in [0.25, 0.3) is 0 Å². The molecule has 3 heteroatoms. The fourth-order valence-electron chi connectivity index (χ4n) is 2.61. The minimum absolute atomic E-state index is 0.320. The minimum atomic E-state index is 0.320. The number of rotatable bonds is 1. The number of nitrogens with one attached hydrogen (secondary N) is 1. The van der Waals surface area contributed by atoms with E-state index in [-0.39, 0.29) is 0 Å². The van der Waals surface area contributed by atoms with E-state index in [9.17, 15) is 0 Å². The molecule has 1 aliphatic carbocycles. The lowest BCUT2D eigenvalue weighted by atomic mass is 9.95. The Morgan fingerprint density at radius 2 is 2.31 bits per heavy atom. The first-order valence-electron chi connectivity index (χ1n) is 5.45. The van der Waals surface area contributed by atoms with Crippen LogP contribution in [0.25, 0.3) is 0 Å². The molecule has 3 aliphatic rings. The quantitative estimate of drug-likeness (QED) is 0.627. The van der Waals surface area contributed by atoms with E-state index < -0.39 is 0 Å². The summed E-state index contributed by atoms with van der Waals surface area (Å²) in [6, 6.07) is 0.916. The average Bonchev–Trinajstić information content (AvgIpc) is 2.91. The number of nitrogens with zero attached hydrogens (tertiary/aromatic N) is 1. The van der Waals surface area contributed by atoms with Crippen molar-refractivity contribution in [2.75, 3.05) is 32.8 Å². The van der Waals surface area contributed by atoms with Gasteiger partial charge >= 0.3 is 0 Å². The van der Waals surface area contributed by atoms with Crippen LogP contribution >= 0.6 is 0 Å². The summed E-state index contributed by atoms with van der Waals surface area (Å²) < 4.78 is 5.50. The maximum Gasteiger partial charge on any atom is 0.0661 e. The van der Waals surface area contributed by atoms with Crippen molar-refractivity contribution in [1.29, 1.82) is 0 Å². The van der Waals surface area contributed by atoms with Crippen molar-refractivity contribution in [3.05, 3.63) is 0 Å². The van der Waals surface area contributed by atoms with Crippen molar-refractivity contribution < 1.29 is 4.74 Å². The zero-order chi connectivity index (χ0) is 8.73. The summed E-state index contributed by atoms with van der Waals surface area (Å²) in [7, 11) is 0. The fraction of sp³-hybridized carbons (Fsp3) is 1.00. The van der Waals surface area contributed by atoms with Crippen LogP contribution in [-0.2, 0) is 4.74 Å². The van der Waals surface area contributed by atoms with Crippen LogP contribution in [0.15, 0.2) is 0 Å². The molecule has 0 radical (unpaired) electrons. The number of hydrogen-bond donors (Lipinski definition) is 1. The van der Waals surface area contributed by atoms with Crippen LogP contribution in [0.5, 0.6) is 0 Å². The van der Waals surface area contributed by atoms with Gasteiger partial charge in [-0.25, -0.2) is 0 Å². The zero-order valence-corrected chi connectivity index (χ0v) is 8.09. The summed E-state index contributed by atoms with van der Waals surface area (Å²) >= 11 is 0. The molecule has 0 bridgehead atoms. The lowest BCUT2D eigenvalue weighted by Crippen LogP contribution is -2.61. The van der Waals surface area contributed by atoms with Gasteiger partial charge in [-0.15, -0.1) is 0 Å². The largest absolute Gasteiger partial charge is 0.379 e. The van der Waals surface area contributed by atoms with E-state index in [1.165, 1.54) is 32.4 Å². The topological polar surface area (TPSA) is 24.5 Å². The van der Waals surface area contributed by atoms with Crippen molar-refractivity contribution >= 4 is 0 Å². The Morgan fingerprint density at radius 1 is 1.38 bits per heavy atom. The van der Waals surface area contributed by atoms with E-state index in [1.54, 1.807) is 0 Å². The van der Waals surface area contributed by atoms with Gasteiger partial charge in [0.1, 0.15) is 0 Å². The van der Waals surface area contributed by atoms with Gasteiger partial charge in [-0.05, 0) is 19.3 Å². The van der Waals surface area contributed by atoms with Crippen LogP contribution < -0.4 is 5.32 Å². The van der Waals surface area contributed by atoms with E-state index in [0.29, 0.717) is 5.54 Å². The molecule has 0 aromatic carbocycles. The van der Waals surface area contributed by atoms with Crippen molar-refractivity contribution in [3.8, 4) is 0 Å². The third-order valence-electron chi connectivity index (χ3n) is 3.57. The summed E-state index contributed by atoms with van der Waals surface area (Å²) in [5.74, 6) is 0. The Labute approximate surface area is 79.4 Å². The van der Waals surface area contributed by atoms with Gasteiger partial charge in [0, 0.05) is 32.3 Å². The highest BCUT2D eigenvalue weighted by Gasteiger charge is 2.42. The van der Waals surface area contributed by atoms with E-state index in [0.717, 1.165) is 25.8 Å². The van der Waals surface area contributed by atoms with Crippen LogP contribution in [0.3, 0.4) is 0 Å². The first-order chi connectivity index (χ1) is 6.38. The molecule has 3 rings (SSSR count). The average molecular weight is 182 g/mol. The summed E-state index contributed by atoms with van der Waals surface area (Å²) in [4.78, 5) is 2.66. The summed E-state index contributed by atoms with van der Waals surface area (Å²) in [6.45, 7) is 5.49. The van der Waals surface area contributed by atoms with Crippen LogP contribution in [0.2, 0.25) is 0 Å². The lowest BCUT2D eigenvalue weighted by Gasteiger charge is -2.40. The molecule has 2 saturated heterocycles. The normalized spacial score (nSPS) is 41.5. The van der Waals surface area contributed by atoms with Crippen LogP contribution in [0, 0.1) is 0 Å². The molecule has 74 valence electrons. The highest BCUT2D eigenvalue weighted by Crippen LogP contribution is 2.31. The van der Waals surface area contributed by atoms with E-state index in [1.807, 2.05) is 0 Å². The van der Waals surface area contributed by atoms with Crippen LogP contribution in [0.1, 0.15) is 19.3 Å². The molecule has 2 aliphatic heterocycles. The van der Waals surface area contributed by atoms with Gasteiger partial charge in [0.2, 0.25) is 0 Å². The molecule has 1 atom stereocenters. The third-order valence-corrected chi connectivity index (χ3v) is 3.57. The van der Waals surface area contributed by atoms with Gasteiger partial charge in [0.05, 0.1) is 12.1 Å². The van der Waals surface area contributed by atoms with Crippen molar-refractivity contribution in [1.82, 2.24) is 10.2 Å². The molecular formula is C10H18N2O. The standard InChI is InChI=1S/C10H18N2O/c1-2-9(1)12-5-4-11-10(7-12)3-6-13-8-10/h9,11H,1-8H2/t10-/m1/s1. The van der Waals surface area contributed by atoms with Gasteiger partial charge in [-0.1, -0.05) is 0 Å².